The molecular weight excluding hydrogens is 260 g/mol. The molecule has 3 N–H and O–H groups in total. The van der Waals surface area contributed by atoms with Crippen molar-refractivity contribution in [3.05, 3.63) is 29.3 Å². The van der Waals surface area contributed by atoms with Gasteiger partial charge in [0, 0.05) is 12.2 Å². The minimum atomic E-state index is -0.352. The Balaban J connectivity index is 1.75. The van der Waals surface area contributed by atoms with Gasteiger partial charge >= 0.3 is 0 Å². The standard InChI is InChI=1S/C18H26N2O/c19-13-18(10-3-1-2-4-11-18)17(21)20-16-9-8-14-6-5-7-15(14)12-16/h8-9,12H,1-7,10-11,13,19H2,(H,20,21). The molecule has 3 nitrogen and oxygen atoms in total. The van der Waals surface area contributed by atoms with E-state index < -0.39 is 0 Å². The molecule has 0 unspecified atom stereocenters. The Bertz CT molecular complexity index is 516. The molecule has 1 amide bonds. The number of rotatable bonds is 3. The van der Waals surface area contributed by atoms with Crippen LogP contribution in [0.3, 0.4) is 0 Å². The van der Waals surface area contributed by atoms with Gasteiger partial charge in [0.25, 0.3) is 0 Å². The van der Waals surface area contributed by atoms with Gasteiger partial charge in [0.1, 0.15) is 0 Å². The van der Waals surface area contributed by atoms with E-state index in [4.69, 9.17) is 5.73 Å². The van der Waals surface area contributed by atoms with Crippen LogP contribution in [0.4, 0.5) is 5.69 Å². The quantitative estimate of drug-likeness (QED) is 0.837. The van der Waals surface area contributed by atoms with Crippen LogP contribution >= 0.6 is 0 Å². The van der Waals surface area contributed by atoms with Gasteiger partial charge in [0.2, 0.25) is 5.91 Å². The lowest BCUT2D eigenvalue weighted by molar-refractivity contribution is -0.125. The number of amides is 1. The number of nitrogens with two attached hydrogens (primary N) is 1. The zero-order valence-electron chi connectivity index (χ0n) is 12.8. The van der Waals surface area contributed by atoms with Gasteiger partial charge in [-0.2, -0.15) is 0 Å². The van der Waals surface area contributed by atoms with Crippen LogP contribution in [-0.4, -0.2) is 12.5 Å². The van der Waals surface area contributed by atoms with Crippen LogP contribution < -0.4 is 11.1 Å². The Kier molecular flexibility index (Phi) is 4.29. The SMILES string of the molecule is NCC1(C(=O)Nc2ccc3c(c2)CCC3)CCCCCC1. The molecule has 0 aromatic heterocycles. The molecule has 2 aliphatic carbocycles. The van der Waals surface area contributed by atoms with Crippen LogP contribution in [-0.2, 0) is 17.6 Å². The lowest BCUT2D eigenvalue weighted by Crippen LogP contribution is -2.42. The van der Waals surface area contributed by atoms with E-state index in [-0.39, 0.29) is 11.3 Å². The number of hydrogen-bond donors (Lipinski definition) is 2. The highest BCUT2D eigenvalue weighted by Gasteiger charge is 2.37. The summed E-state index contributed by atoms with van der Waals surface area (Å²) < 4.78 is 0. The average molecular weight is 286 g/mol. The summed E-state index contributed by atoms with van der Waals surface area (Å²) in [7, 11) is 0. The fourth-order valence-electron chi connectivity index (χ4n) is 3.84. The van der Waals surface area contributed by atoms with E-state index in [1.165, 1.54) is 36.8 Å². The van der Waals surface area contributed by atoms with Crippen molar-refractivity contribution in [2.45, 2.75) is 57.8 Å². The number of benzene rings is 1. The molecule has 0 saturated heterocycles. The zero-order valence-corrected chi connectivity index (χ0v) is 12.8. The molecule has 0 spiro atoms. The topological polar surface area (TPSA) is 55.1 Å². The predicted molar refractivity (Wildman–Crippen MR) is 86.3 cm³/mol. The summed E-state index contributed by atoms with van der Waals surface area (Å²) in [5.74, 6) is 0.129. The van der Waals surface area contributed by atoms with E-state index in [0.717, 1.165) is 37.8 Å². The summed E-state index contributed by atoms with van der Waals surface area (Å²) in [5, 5.41) is 3.14. The Morgan fingerprint density at radius 1 is 1.05 bits per heavy atom. The molecule has 0 heterocycles. The number of nitrogens with one attached hydrogen (secondary N) is 1. The molecule has 2 aliphatic rings. The second kappa shape index (κ2) is 6.18. The predicted octanol–water partition coefficient (Wildman–Crippen LogP) is 3.41. The van der Waals surface area contributed by atoms with Gasteiger partial charge in [-0.1, -0.05) is 31.7 Å². The molecule has 0 atom stereocenters. The van der Waals surface area contributed by atoms with Gasteiger partial charge in [-0.3, -0.25) is 4.79 Å². The Hall–Kier alpha value is -1.35. The molecule has 3 heteroatoms. The van der Waals surface area contributed by atoms with Gasteiger partial charge in [-0.15, -0.1) is 0 Å². The second-order valence-corrected chi connectivity index (χ2v) is 6.69. The summed E-state index contributed by atoms with van der Waals surface area (Å²) in [5.41, 5.74) is 9.42. The summed E-state index contributed by atoms with van der Waals surface area (Å²) in [4.78, 5) is 12.8. The van der Waals surface area contributed by atoms with E-state index in [2.05, 4.69) is 17.4 Å². The van der Waals surface area contributed by atoms with E-state index in [1.54, 1.807) is 0 Å². The number of carbonyl (C=O) groups is 1. The molecule has 114 valence electrons. The maximum atomic E-state index is 12.8. The molecule has 1 saturated carbocycles. The first kappa shape index (κ1) is 14.6. The molecule has 1 fully saturated rings. The third-order valence-electron chi connectivity index (χ3n) is 5.29. The van der Waals surface area contributed by atoms with Crippen molar-refractivity contribution >= 4 is 11.6 Å². The third kappa shape index (κ3) is 2.98. The van der Waals surface area contributed by atoms with Crippen molar-refractivity contribution in [3.8, 4) is 0 Å². The van der Waals surface area contributed by atoms with Crippen LogP contribution in [0.25, 0.3) is 0 Å². The van der Waals surface area contributed by atoms with Crippen molar-refractivity contribution in [1.82, 2.24) is 0 Å². The highest BCUT2D eigenvalue weighted by atomic mass is 16.2. The van der Waals surface area contributed by atoms with Gasteiger partial charge < -0.3 is 11.1 Å². The zero-order chi connectivity index (χ0) is 14.7. The van der Waals surface area contributed by atoms with Crippen LogP contribution in [0.1, 0.15) is 56.1 Å². The lowest BCUT2D eigenvalue weighted by Gasteiger charge is -2.30. The first-order valence-corrected chi connectivity index (χ1v) is 8.37. The minimum Gasteiger partial charge on any atom is -0.329 e. The number of carbonyl (C=O) groups excluding carboxylic acids is 1. The summed E-state index contributed by atoms with van der Waals surface area (Å²) in [6.45, 7) is 0.462. The monoisotopic (exact) mass is 286 g/mol. The van der Waals surface area contributed by atoms with E-state index >= 15 is 0 Å². The average Bonchev–Trinajstić information content (AvgIpc) is 2.82. The van der Waals surface area contributed by atoms with Gasteiger partial charge in [-0.05, 0) is 55.4 Å². The normalized spacial score (nSPS) is 20.6. The molecule has 0 bridgehead atoms. The fraction of sp³-hybridized carbons (Fsp3) is 0.611. The molecule has 1 aromatic carbocycles. The molecule has 0 radical (unpaired) electrons. The van der Waals surface area contributed by atoms with Crippen molar-refractivity contribution in [1.29, 1.82) is 0 Å². The Morgan fingerprint density at radius 2 is 1.76 bits per heavy atom. The minimum absolute atomic E-state index is 0.129. The van der Waals surface area contributed by atoms with E-state index in [9.17, 15) is 4.79 Å². The third-order valence-corrected chi connectivity index (χ3v) is 5.29. The Labute approximate surface area is 127 Å². The van der Waals surface area contributed by atoms with Gasteiger partial charge in [-0.25, -0.2) is 0 Å². The molecule has 3 rings (SSSR count). The van der Waals surface area contributed by atoms with E-state index in [1.807, 2.05) is 6.07 Å². The van der Waals surface area contributed by atoms with Crippen molar-refractivity contribution in [2.24, 2.45) is 11.1 Å². The summed E-state index contributed by atoms with van der Waals surface area (Å²) in [6, 6.07) is 6.37. The smallest absolute Gasteiger partial charge is 0.231 e. The first-order valence-electron chi connectivity index (χ1n) is 8.37. The molecule has 0 aliphatic heterocycles. The highest BCUT2D eigenvalue weighted by Crippen LogP contribution is 2.35. The van der Waals surface area contributed by atoms with Crippen LogP contribution in [0.5, 0.6) is 0 Å². The number of fused-ring (bicyclic) bond motifs is 1. The van der Waals surface area contributed by atoms with Crippen molar-refractivity contribution in [3.63, 3.8) is 0 Å². The van der Waals surface area contributed by atoms with Crippen LogP contribution in [0.15, 0.2) is 18.2 Å². The van der Waals surface area contributed by atoms with Crippen molar-refractivity contribution < 1.29 is 4.79 Å². The van der Waals surface area contributed by atoms with Crippen LogP contribution in [0.2, 0.25) is 0 Å². The maximum absolute atomic E-state index is 12.8. The van der Waals surface area contributed by atoms with Gasteiger partial charge in [0.15, 0.2) is 0 Å². The highest BCUT2D eigenvalue weighted by molar-refractivity contribution is 5.95. The summed E-state index contributed by atoms with van der Waals surface area (Å²) >= 11 is 0. The summed E-state index contributed by atoms with van der Waals surface area (Å²) in [6.07, 6.45) is 10.1. The maximum Gasteiger partial charge on any atom is 0.231 e. The van der Waals surface area contributed by atoms with Crippen molar-refractivity contribution in [2.75, 3.05) is 11.9 Å². The molecule has 21 heavy (non-hydrogen) atoms. The number of anilines is 1. The second-order valence-electron chi connectivity index (χ2n) is 6.69. The van der Waals surface area contributed by atoms with Crippen LogP contribution in [0, 0.1) is 5.41 Å². The largest absolute Gasteiger partial charge is 0.329 e. The van der Waals surface area contributed by atoms with E-state index in [0.29, 0.717) is 6.54 Å². The molecular formula is C18H26N2O. The Morgan fingerprint density at radius 3 is 2.48 bits per heavy atom. The lowest BCUT2D eigenvalue weighted by atomic mass is 9.79. The first-order chi connectivity index (χ1) is 10.2. The number of aryl methyl sites for hydroxylation is 2. The van der Waals surface area contributed by atoms with Gasteiger partial charge in [0.05, 0.1) is 5.41 Å². The fourth-order valence-corrected chi connectivity index (χ4v) is 3.84. The number of hydrogen-bond acceptors (Lipinski definition) is 2. The molecule has 1 aromatic rings.